The van der Waals surface area contributed by atoms with Crippen LogP contribution in [0, 0.1) is 0 Å². The summed E-state index contributed by atoms with van der Waals surface area (Å²) in [4.78, 5) is 15.0. The third kappa shape index (κ3) is 3.23. The van der Waals surface area contributed by atoms with E-state index in [9.17, 15) is 4.79 Å². The van der Waals surface area contributed by atoms with E-state index < -0.39 is 0 Å². The fourth-order valence-electron chi connectivity index (χ4n) is 3.63. The van der Waals surface area contributed by atoms with Crippen molar-refractivity contribution in [2.45, 2.75) is 31.3 Å². The highest BCUT2D eigenvalue weighted by molar-refractivity contribution is 9.10. The van der Waals surface area contributed by atoms with Gasteiger partial charge in [-0.1, -0.05) is 15.9 Å². The molecule has 4 rings (SSSR count). The fraction of sp³-hybridized carbons (Fsp3) is 0.412. The number of fused-ring (bicyclic) bond motifs is 2. The van der Waals surface area contributed by atoms with Crippen molar-refractivity contribution in [2.75, 3.05) is 13.1 Å². The monoisotopic (exact) mass is 410 g/mol. The predicted molar refractivity (Wildman–Crippen MR) is 99.0 cm³/mol. The van der Waals surface area contributed by atoms with Crippen LogP contribution in [-0.4, -0.2) is 45.8 Å². The summed E-state index contributed by atoms with van der Waals surface area (Å²) in [6.07, 6.45) is 6.79. The van der Waals surface area contributed by atoms with E-state index in [0.717, 1.165) is 42.5 Å². The van der Waals surface area contributed by atoms with Gasteiger partial charge in [0.25, 0.3) is 5.91 Å². The van der Waals surface area contributed by atoms with Crippen LogP contribution >= 0.6 is 28.3 Å². The van der Waals surface area contributed by atoms with E-state index in [-0.39, 0.29) is 18.3 Å². The van der Waals surface area contributed by atoms with Gasteiger partial charge in [0.2, 0.25) is 0 Å². The molecular weight excluding hydrogens is 392 g/mol. The summed E-state index contributed by atoms with van der Waals surface area (Å²) in [6, 6.07) is 8.60. The molecule has 2 aliphatic heterocycles. The Morgan fingerprint density at radius 3 is 2.71 bits per heavy atom. The van der Waals surface area contributed by atoms with E-state index in [2.05, 4.69) is 31.2 Å². The lowest BCUT2D eigenvalue weighted by atomic mass is 10.1. The van der Waals surface area contributed by atoms with E-state index in [4.69, 9.17) is 0 Å². The number of aromatic nitrogens is 2. The molecule has 2 atom stereocenters. The lowest BCUT2D eigenvalue weighted by Gasteiger charge is -2.27. The Hall–Kier alpha value is -1.37. The average molecular weight is 412 g/mol. The van der Waals surface area contributed by atoms with Crippen molar-refractivity contribution in [1.29, 1.82) is 0 Å². The maximum absolute atomic E-state index is 12.9. The van der Waals surface area contributed by atoms with Gasteiger partial charge in [0.15, 0.2) is 0 Å². The zero-order valence-electron chi connectivity index (χ0n) is 13.2. The molecule has 7 heteroatoms. The smallest absolute Gasteiger partial charge is 0.257 e. The molecule has 24 heavy (non-hydrogen) atoms. The van der Waals surface area contributed by atoms with Crippen LogP contribution < -0.4 is 5.32 Å². The number of benzene rings is 1. The quantitative estimate of drug-likeness (QED) is 0.826. The Kier molecular flexibility index (Phi) is 5.27. The number of rotatable bonds is 2. The second-order valence-corrected chi connectivity index (χ2v) is 7.16. The highest BCUT2D eigenvalue weighted by atomic mass is 79.9. The summed E-state index contributed by atoms with van der Waals surface area (Å²) in [7, 11) is 0. The summed E-state index contributed by atoms with van der Waals surface area (Å²) in [6.45, 7) is 1.91. The van der Waals surface area contributed by atoms with Crippen LogP contribution in [0.2, 0.25) is 0 Å². The van der Waals surface area contributed by atoms with Crippen molar-refractivity contribution in [3.63, 3.8) is 0 Å². The molecule has 1 N–H and O–H groups in total. The zero-order valence-corrected chi connectivity index (χ0v) is 15.6. The Morgan fingerprint density at radius 2 is 1.92 bits per heavy atom. The van der Waals surface area contributed by atoms with Gasteiger partial charge in [-0.05, 0) is 50.1 Å². The first-order chi connectivity index (χ1) is 11.2. The normalized spacial score (nSPS) is 22.8. The van der Waals surface area contributed by atoms with Gasteiger partial charge in [0.05, 0.1) is 17.4 Å². The van der Waals surface area contributed by atoms with Gasteiger partial charge < -0.3 is 10.2 Å². The highest BCUT2D eigenvalue weighted by Crippen LogP contribution is 2.29. The van der Waals surface area contributed by atoms with Crippen molar-refractivity contribution in [3.05, 3.63) is 46.7 Å². The minimum atomic E-state index is 0. The molecule has 2 fully saturated rings. The minimum absolute atomic E-state index is 0. The highest BCUT2D eigenvalue weighted by Gasteiger charge is 2.38. The van der Waals surface area contributed by atoms with Crippen LogP contribution in [-0.2, 0) is 0 Å². The standard InChI is InChI=1S/C17H19BrN4O.ClH/c18-13-1-3-14(4-2-13)21-11-12(9-20-21)17(23)22-15-5-6-16(22)10-19-8-7-15;/h1-4,9,11,15-16,19H,5-8,10H2;1H. The number of nitrogens with zero attached hydrogens (tertiary/aromatic N) is 3. The number of halogens is 2. The number of carbonyl (C=O) groups is 1. The van der Waals surface area contributed by atoms with Gasteiger partial charge >= 0.3 is 0 Å². The molecule has 0 saturated carbocycles. The van der Waals surface area contributed by atoms with Crippen LogP contribution in [0.5, 0.6) is 0 Å². The number of hydrogen-bond donors (Lipinski definition) is 1. The molecule has 2 unspecified atom stereocenters. The molecule has 0 spiro atoms. The molecule has 1 amide bonds. The van der Waals surface area contributed by atoms with Crippen molar-refractivity contribution in [2.24, 2.45) is 0 Å². The molecule has 2 aromatic rings. The van der Waals surface area contributed by atoms with Gasteiger partial charge in [-0.15, -0.1) is 12.4 Å². The number of nitrogens with one attached hydrogen (secondary N) is 1. The first-order valence-corrected chi connectivity index (χ1v) is 8.85. The Morgan fingerprint density at radius 1 is 1.17 bits per heavy atom. The third-order valence-corrected chi connectivity index (χ3v) is 5.34. The average Bonchev–Trinajstić information content (AvgIpc) is 3.11. The molecule has 0 radical (unpaired) electrons. The van der Waals surface area contributed by atoms with Crippen LogP contribution in [0.1, 0.15) is 29.6 Å². The van der Waals surface area contributed by atoms with E-state index >= 15 is 0 Å². The summed E-state index contributed by atoms with van der Waals surface area (Å²) < 4.78 is 2.79. The van der Waals surface area contributed by atoms with Gasteiger partial charge in [0.1, 0.15) is 0 Å². The molecular formula is C17H20BrClN4O. The molecule has 3 heterocycles. The van der Waals surface area contributed by atoms with E-state index in [1.54, 1.807) is 10.9 Å². The fourth-order valence-corrected chi connectivity index (χ4v) is 3.90. The van der Waals surface area contributed by atoms with Crippen molar-refractivity contribution in [1.82, 2.24) is 20.0 Å². The van der Waals surface area contributed by atoms with Gasteiger partial charge in [0, 0.05) is 29.3 Å². The van der Waals surface area contributed by atoms with Crippen LogP contribution in [0.15, 0.2) is 41.1 Å². The molecule has 1 aromatic heterocycles. The number of hydrogen-bond acceptors (Lipinski definition) is 3. The van der Waals surface area contributed by atoms with Gasteiger partial charge in [-0.25, -0.2) is 4.68 Å². The van der Waals surface area contributed by atoms with Crippen molar-refractivity contribution >= 4 is 34.2 Å². The molecule has 1 aromatic carbocycles. The molecule has 2 aliphatic rings. The summed E-state index contributed by atoms with van der Waals surface area (Å²) in [5.74, 6) is 0.115. The van der Waals surface area contributed by atoms with Crippen LogP contribution in [0.4, 0.5) is 0 Å². The lowest BCUT2D eigenvalue weighted by molar-refractivity contribution is 0.0680. The molecule has 128 valence electrons. The Balaban J connectivity index is 0.00000169. The third-order valence-electron chi connectivity index (χ3n) is 4.81. The van der Waals surface area contributed by atoms with E-state index in [1.807, 2.05) is 30.5 Å². The van der Waals surface area contributed by atoms with Gasteiger partial charge in [-0.3, -0.25) is 4.79 Å². The topological polar surface area (TPSA) is 50.2 Å². The maximum atomic E-state index is 12.9. The number of carbonyl (C=O) groups excluding carboxylic acids is 1. The van der Waals surface area contributed by atoms with E-state index in [0.29, 0.717) is 17.6 Å². The second-order valence-electron chi connectivity index (χ2n) is 6.24. The maximum Gasteiger partial charge on any atom is 0.257 e. The predicted octanol–water partition coefficient (Wildman–Crippen LogP) is 3.02. The molecule has 5 nitrogen and oxygen atoms in total. The van der Waals surface area contributed by atoms with Crippen LogP contribution in [0.3, 0.4) is 0 Å². The summed E-state index contributed by atoms with van der Waals surface area (Å²) >= 11 is 3.43. The summed E-state index contributed by atoms with van der Waals surface area (Å²) in [5.41, 5.74) is 1.62. The van der Waals surface area contributed by atoms with Crippen molar-refractivity contribution < 1.29 is 4.79 Å². The lowest BCUT2D eigenvalue weighted by Crippen LogP contribution is -2.42. The van der Waals surface area contributed by atoms with Gasteiger partial charge in [-0.2, -0.15) is 5.10 Å². The first-order valence-electron chi connectivity index (χ1n) is 8.06. The molecule has 0 aliphatic carbocycles. The number of amides is 1. The molecule has 2 bridgehead atoms. The SMILES string of the molecule is Cl.O=C(c1cnn(-c2ccc(Br)cc2)c1)N1C2CCNCC1CC2. The van der Waals surface area contributed by atoms with E-state index in [1.165, 1.54) is 0 Å². The van der Waals surface area contributed by atoms with Crippen LogP contribution in [0.25, 0.3) is 5.69 Å². The largest absolute Gasteiger partial charge is 0.331 e. The molecule has 2 saturated heterocycles. The Bertz CT molecular complexity index is 704. The summed E-state index contributed by atoms with van der Waals surface area (Å²) in [5, 5.41) is 7.80. The first kappa shape index (κ1) is 17.5. The Labute approximate surface area is 155 Å². The van der Waals surface area contributed by atoms with Crippen molar-refractivity contribution in [3.8, 4) is 5.69 Å². The zero-order chi connectivity index (χ0) is 15.8. The second kappa shape index (κ2) is 7.25. The minimum Gasteiger partial charge on any atom is -0.331 e.